The number of nitrogens with zero attached hydrogens (tertiary/aromatic N) is 2. The van der Waals surface area contributed by atoms with Gasteiger partial charge in [0.1, 0.15) is 17.3 Å². The van der Waals surface area contributed by atoms with E-state index in [1.54, 1.807) is 0 Å². The second kappa shape index (κ2) is 8.50. The number of aromatic nitrogens is 1. The van der Waals surface area contributed by atoms with Crippen LogP contribution in [0.1, 0.15) is 27.4 Å². The first-order chi connectivity index (χ1) is 15.0. The number of hydrogen-bond acceptors (Lipinski definition) is 4. The third-order valence-electron chi connectivity index (χ3n) is 5.13. The Kier molecular flexibility index (Phi) is 5.61. The topological polar surface area (TPSA) is 79.7 Å². The lowest BCUT2D eigenvalue weighted by Crippen LogP contribution is -2.35. The number of hydrogen-bond donors (Lipinski definition) is 1. The van der Waals surface area contributed by atoms with Crippen LogP contribution in [0.25, 0.3) is 11.1 Å². The lowest BCUT2D eigenvalue weighted by molar-refractivity contribution is 0.0697. The van der Waals surface area contributed by atoms with Crippen molar-refractivity contribution in [3.63, 3.8) is 0 Å². The van der Waals surface area contributed by atoms with Crippen LogP contribution in [0.15, 0.2) is 60.7 Å². The lowest BCUT2D eigenvalue weighted by Gasteiger charge is -2.22. The molecule has 0 saturated heterocycles. The maximum absolute atomic E-state index is 12.9. The first kappa shape index (κ1) is 20.5. The molecule has 0 atom stereocenters. The van der Waals surface area contributed by atoms with Crippen molar-refractivity contribution in [2.75, 3.05) is 18.1 Å². The van der Waals surface area contributed by atoms with Crippen molar-refractivity contribution >= 4 is 29.5 Å². The number of ether oxygens (including phenoxy) is 1. The quantitative estimate of drug-likeness (QED) is 0.461. The van der Waals surface area contributed by atoms with Gasteiger partial charge in [-0.3, -0.25) is 0 Å². The highest BCUT2D eigenvalue weighted by Crippen LogP contribution is 2.44. The molecule has 31 heavy (non-hydrogen) atoms. The van der Waals surface area contributed by atoms with E-state index in [0.717, 1.165) is 27.2 Å². The molecule has 7 heteroatoms. The minimum absolute atomic E-state index is 0.0356. The van der Waals surface area contributed by atoms with Crippen molar-refractivity contribution in [1.82, 2.24) is 4.98 Å². The van der Waals surface area contributed by atoms with Gasteiger partial charge in [-0.05, 0) is 34.4 Å². The van der Waals surface area contributed by atoms with Gasteiger partial charge < -0.3 is 9.84 Å². The number of terminal acetylenes is 1. The van der Waals surface area contributed by atoms with E-state index in [4.69, 9.17) is 22.8 Å². The van der Waals surface area contributed by atoms with E-state index in [9.17, 15) is 14.7 Å². The predicted octanol–water partition coefficient (Wildman–Crippen LogP) is 4.82. The van der Waals surface area contributed by atoms with E-state index >= 15 is 0 Å². The molecular formula is C24H17ClN2O4. The van der Waals surface area contributed by atoms with E-state index in [1.807, 2.05) is 48.5 Å². The number of benzene rings is 2. The Morgan fingerprint density at radius 1 is 1.06 bits per heavy atom. The Labute approximate surface area is 184 Å². The summed E-state index contributed by atoms with van der Waals surface area (Å²) < 4.78 is 5.60. The minimum Gasteiger partial charge on any atom is -0.478 e. The zero-order chi connectivity index (χ0) is 22.0. The van der Waals surface area contributed by atoms with E-state index in [0.29, 0.717) is 0 Å². The number of aromatic carboxylic acids is 1. The van der Waals surface area contributed by atoms with Crippen molar-refractivity contribution in [3.8, 4) is 23.5 Å². The normalized spacial score (nSPS) is 11.9. The number of carboxylic acid groups (broad SMARTS) is 1. The molecule has 4 rings (SSSR count). The number of carbonyl (C=O) groups excluding carboxylic acids is 1. The van der Waals surface area contributed by atoms with Crippen molar-refractivity contribution < 1.29 is 19.4 Å². The molecule has 1 aliphatic rings. The van der Waals surface area contributed by atoms with Crippen LogP contribution in [-0.4, -0.2) is 35.3 Å². The molecule has 3 aromatic rings. The predicted molar refractivity (Wildman–Crippen MR) is 117 cm³/mol. The average molecular weight is 433 g/mol. The zero-order valence-electron chi connectivity index (χ0n) is 16.3. The number of pyridine rings is 1. The maximum atomic E-state index is 12.9. The molecular weight excluding hydrogens is 416 g/mol. The Morgan fingerprint density at radius 2 is 1.68 bits per heavy atom. The molecule has 0 radical (unpaired) electrons. The molecule has 1 aliphatic carbocycles. The van der Waals surface area contributed by atoms with Crippen LogP contribution in [0, 0.1) is 12.3 Å². The molecule has 1 heterocycles. The molecule has 0 fully saturated rings. The highest BCUT2D eigenvalue weighted by atomic mass is 35.5. The van der Waals surface area contributed by atoms with Crippen molar-refractivity contribution in [2.24, 2.45) is 0 Å². The second-order valence-electron chi connectivity index (χ2n) is 6.90. The van der Waals surface area contributed by atoms with Crippen LogP contribution in [-0.2, 0) is 4.74 Å². The number of halogens is 1. The summed E-state index contributed by atoms with van der Waals surface area (Å²) in [5.41, 5.74) is 4.13. The Bertz CT molecular complexity index is 1170. The number of fused-ring (bicyclic) bond motifs is 3. The molecule has 6 nitrogen and oxygen atoms in total. The number of rotatable bonds is 5. The van der Waals surface area contributed by atoms with Crippen LogP contribution in [0.3, 0.4) is 0 Å². The molecule has 1 N–H and O–H groups in total. The number of carboxylic acids is 1. The highest BCUT2D eigenvalue weighted by molar-refractivity contribution is 6.29. The minimum atomic E-state index is -1.26. The standard InChI is InChI=1S/C24H17ClN2O4/c1-2-13-27(22-19(23(28)29)11-12-21(25)26-22)24(30)31-14-20-17-9-5-3-7-15(17)16-8-4-6-10-18(16)20/h1,3-12,20H,13-14H2,(H,28,29). The van der Waals surface area contributed by atoms with Crippen LogP contribution < -0.4 is 4.90 Å². The molecule has 0 unspecified atom stereocenters. The smallest absolute Gasteiger partial charge is 0.416 e. The summed E-state index contributed by atoms with van der Waals surface area (Å²) in [4.78, 5) is 29.5. The SMILES string of the molecule is C#CCN(C(=O)OCC1c2ccccc2-c2ccccc21)c1nc(Cl)ccc1C(=O)O. The van der Waals surface area contributed by atoms with Gasteiger partial charge in [0, 0.05) is 5.92 Å². The highest BCUT2D eigenvalue weighted by Gasteiger charge is 2.31. The van der Waals surface area contributed by atoms with Crippen molar-refractivity contribution in [3.05, 3.63) is 82.5 Å². The van der Waals surface area contributed by atoms with Gasteiger partial charge in [0.05, 0.1) is 6.54 Å². The largest absolute Gasteiger partial charge is 0.478 e. The molecule has 1 amide bonds. The van der Waals surface area contributed by atoms with Gasteiger partial charge in [0.2, 0.25) is 0 Å². The van der Waals surface area contributed by atoms with Gasteiger partial charge in [-0.25, -0.2) is 19.5 Å². The summed E-state index contributed by atoms with van der Waals surface area (Å²) in [5.74, 6) is 0.784. The third-order valence-corrected chi connectivity index (χ3v) is 5.34. The summed E-state index contributed by atoms with van der Waals surface area (Å²) in [6, 6.07) is 18.5. The van der Waals surface area contributed by atoms with E-state index in [-0.39, 0.29) is 35.6 Å². The van der Waals surface area contributed by atoms with Gasteiger partial charge >= 0.3 is 12.1 Å². The fourth-order valence-electron chi connectivity index (χ4n) is 3.79. The van der Waals surface area contributed by atoms with Crippen LogP contribution in [0.5, 0.6) is 0 Å². The van der Waals surface area contributed by atoms with Crippen molar-refractivity contribution in [2.45, 2.75) is 5.92 Å². The molecule has 0 spiro atoms. The zero-order valence-corrected chi connectivity index (χ0v) is 17.0. The molecule has 0 saturated carbocycles. The summed E-state index contributed by atoms with van der Waals surface area (Å²) in [5, 5.41) is 9.50. The monoisotopic (exact) mass is 432 g/mol. The number of amides is 1. The number of anilines is 1. The Hall–Kier alpha value is -3.82. The van der Waals surface area contributed by atoms with E-state index < -0.39 is 12.1 Å². The lowest BCUT2D eigenvalue weighted by atomic mass is 9.98. The van der Waals surface area contributed by atoms with Crippen LogP contribution >= 0.6 is 11.6 Å². The molecule has 0 bridgehead atoms. The van der Waals surface area contributed by atoms with E-state index in [2.05, 4.69) is 10.9 Å². The van der Waals surface area contributed by atoms with Gasteiger partial charge in [-0.15, -0.1) is 6.42 Å². The van der Waals surface area contributed by atoms with Crippen LogP contribution in [0.2, 0.25) is 5.15 Å². The van der Waals surface area contributed by atoms with E-state index in [1.165, 1.54) is 12.1 Å². The molecule has 2 aromatic carbocycles. The summed E-state index contributed by atoms with van der Waals surface area (Å²) >= 11 is 5.93. The first-order valence-corrected chi connectivity index (χ1v) is 9.85. The van der Waals surface area contributed by atoms with Crippen molar-refractivity contribution in [1.29, 1.82) is 0 Å². The number of carbonyl (C=O) groups is 2. The van der Waals surface area contributed by atoms with Gasteiger partial charge in [-0.2, -0.15) is 0 Å². The fraction of sp³-hybridized carbons (Fsp3) is 0.125. The summed E-state index contributed by atoms with van der Waals surface area (Å²) in [7, 11) is 0. The summed E-state index contributed by atoms with van der Waals surface area (Å²) in [6.07, 6.45) is 4.61. The molecule has 154 valence electrons. The average Bonchev–Trinajstić information content (AvgIpc) is 3.09. The van der Waals surface area contributed by atoms with Gasteiger partial charge in [0.25, 0.3) is 0 Å². The molecule has 1 aromatic heterocycles. The Balaban J connectivity index is 1.62. The van der Waals surface area contributed by atoms with Gasteiger partial charge in [0.15, 0.2) is 5.82 Å². The van der Waals surface area contributed by atoms with Crippen LogP contribution in [0.4, 0.5) is 10.6 Å². The Morgan fingerprint density at radius 3 is 2.26 bits per heavy atom. The third kappa shape index (κ3) is 3.83. The summed E-state index contributed by atoms with van der Waals surface area (Å²) in [6.45, 7) is -0.152. The van der Waals surface area contributed by atoms with Gasteiger partial charge in [-0.1, -0.05) is 66.1 Å². The maximum Gasteiger partial charge on any atom is 0.416 e. The molecule has 0 aliphatic heterocycles. The second-order valence-corrected chi connectivity index (χ2v) is 7.29. The fourth-order valence-corrected chi connectivity index (χ4v) is 3.93. The first-order valence-electron chi connectivity index (χ1n) is 9.47.